The van der Waals surface area contributed by atoms with Gasteiger partial charge in [0.1, 0.15) is 21.3 Å². The largest absolute Gasteiger partial charge is 0.350 e. The van der Waals surface area contributed by atoms with E-state index in [1.807, 2.05) is 31.4 Å². The summed E-state index contributed by atoms with van der Waals surface area (Å²) in [6.45, 7) is 8.08. The number of carbonyl (C=O) groups is 3. The van der Waals surface area contributed by atoms with Crippen molar-refractivity contribution in [2.24, 2.45) is 16.8 Å². The quantitative estimate of drug-likeness (QED) is 0.648. The van der Waals surface area contributed by atoms with Crippen LogP contribution in [-0.2, 0) is 20.9 Å². The molecule has 3 atom stereocenters. The Bertz CT molecular complexity index is 924. The molecule has 1 aromatic rings. The average Bonchev–Trinajstić information content (AvgIpc) is 3.37. The van der Waals surface area contributed by atoms with Gasteiger partial charge in [0, 0.05) is 24.0 Å². The highest BCUT2D eigenvalue weighted by molar-refractivity contribution is 8.14. The van der Waals surface area contributed by atoms with Gasteiger partial charge >= 0.3 is 0 Å². The SMILES string of the molecule is CCC/C=C/C1CC(=O)NCc2nc(cs2)C2=N[C@@](C)(CS2)C(=O)N[C@@H](C(C)C)C(=O)C1. The molecule has 0 spiro atoms. The van der Waals surface area contributed by atoms with Gasteiger partial charge in [0.15, 0.2) is 5.78 Å². The van der Waals surface area contributed by atoms with Gasteiger partial charge in [0.2, 0.25) is 11.8 Å². The van der Waals surface area contributed by atoms with Crippen molar-refractivity contribution in [2.45, 2.75) is 71.5 Å². The maximum Gasteiger partial charge on any atom is 0.249 e. The molecule has 1 aromatic heterocycles. The van der Waals surface area contributed by atoms with Crippen LogP contribution in [0.5, 0.6) is 0 Å². The zero-order valence-electron chi connectivity index (χ0n) is 19.1. The number of ketones is 1. The van der Waals surface area contributed by atoms with Crippen LogP contribution in [0.3, 0.4) is 0 Å². The molecule has 0 radical (unpaired) electrons. The zero-order valence-corrected chi connectivity index (χ0v) is 20.8. The third-order valence-corrected chi connectivity index (χ3v) is 7.74. The molecule has 174 valence electrons. The minimum Gasteiger partial charge on any atom is -0.350 e. The van der Waals surface area contributed by atoms with Gasteiger partial charge in [-0.3, -0.25) is 19.4 Å². The van der Waals surface area contributed by atoms with Gasteiger partial charge in [-0.25, -0.2) is 4.98 Å². The molecule has 3 rings (SSSR count). The van der Waals surface area contributed by atoms with Gasteiger partial charge in [0.05, 0.1) is 12.6 Å². The molecule has 9 heteroatoms. The summed E-state index contributed by atoms with van der Waals surface area (Å²) in [5.74, 6) is -0.195. The average molecular weight is 477 g/mol. The number of hydrogen-bond donors (Lipinski definition) is 2. The van der Waals surface area contributed by atoms with Gasteiger partial charge in [-0.1, -0.05) is 39.3 Å². The highest BCUT2D eigenvalue weighted by Gasteiger charge is 2.41. The van der Waals surface area contributed by atoms with E-state index >= 15 is 0 Å². The fraction of sp³-hybridized carbons (Fsp3) is 0.609. The smallest absolute Gasteiger partial charge is 0.249 e. The van der Waals surface area contributed by atoms with Crippen LogP contribution in [0.4, 0.5) is 0 Å². The number of carbonyl (C=O) groups excluding carboxylic acids is 3. The number of allylic oxidation sites excluding steroid dienone is 2. The highest BCUT2D eigenvalue weighted by atomic mass is 32.2. The van der Waals surface area contributed by atoms with E-state index in [1.54, 1.807) is 6.92 Å². The van der Waals surface area contributed by atoms with Crippen LogP contribution in [0.2, 0.25) is 0 Å². The van der Waals surface area contributed by atoms with Crippen molar-refractivity contribution in [3.8, 4) is 0 Å². The number of aliphatic imine (C=N–C) groups is 1. The number of aromatic nitrogens is 1. The van der Waals surface area contributed by atoms with Gasteiger partial charge in [0.25, 0.3) is 0 Å². The van der Waals surface area contributed by atoms with Crippen LogP contribution >= 0.6 is 23.1 Å². The summed E-state index contributed by atoms with van der Waals surface area (Å²) in [4.78, 5) is 48.3. The number of thiazole rings is 1. The lowest BCUT2D eigenvalue weighted by atomic mass is 9.89. The van der Waals surface area contributed by atoms with E-state index in [0.29, 0.717) is 12.3 Å². The van der Waals surface area contributed by atoms with E-state index in [2.05, 4.69) is 27.5 Å². The first-order chi connectivity index (χ1) is 15.2. The summed E-state index contributed by atoms with van der Waals surface area (Å²) < 4.78 is 0. The molecule has 2 aliphatic heterocycles. The molecule has 0 fully saturated rings. The predicted octanol–water partition coefficient (Wildman–Crippen LogP) is 3.49. The van der Waals surface area contributed by atoms with Crippen molar-refractivity contribution in [3.05, 3.63) is 28.2 Å². The number of fused-ring (bicyclic) bond motifs is 4. The molecule has 2 N–H and O–H groups in total. The van der Waals surface area contributed by atoms with Gasteiger partial charge in [-0.05, 0) is 25.2 Å². The van der Waals surface area contributed by atoms with E-state index in [4.69, 9.17) is 0 Å². The molecule has 0 saturated heterocycles. The topological polar surface area (TPSA) is 101 Å². The fourth-order valence-electron chi connectivity index (χ4n) is 3.68. The second-order valence-corrected chi connectivity index (χ2v) is 10.8. The number of Topliss-reactive ketones (excluding diaryl/α,β-unsaturated/α-hetero) is 1. The lowest BCUT2D eigenvalue weighted by Gasteiger charge is -2.27. The predicted molar refractivity (Wildman–Crippen MR) is 130 cm³/mol. The minimum absolute atomic E-state index is 0.0550. The van der Waals surface area contributed by atoms with E-state index in [1.165, 1.54) is 23.1 Å². The maximum atomic E-state index is 13.2. The van der Waals surface area contributed by atoms with Crippen LogP contribution in [0, 0.1) is 11.8 Å². The summed E-state index contributed by atoms with van der Waals surface area (Å²) in [6, 6.07) is -0.618. The number of unbranched alkanes of at least 4 members (excludes halogenated alkanes) is 1. The molecule has 3 heterocycles. The second-order valence-electron chi connectivity index (χ2n) is 8.93. The Morgan fingerprint density at radius 2 is 2.06 bits per heavy atom. The van der Waals surface area contributed by atoms with Crippen molar-refractivity contribution < 1.29 is 14.4 Å². The Balaban J connectivity index is 1.92. The molecule has 32 heavy (non-hydrogen) atoms. The lowest BCUT2D eigenvalue weighted by molar-refractivity contribution is -0.131. The van der Waals surface area contributed by atoms with Gasteiger partial charge in [-0.15, -0.1) is 23.1 Å². The Kier molecular flexibility index (Phi) is 8.27. The molecular formula is C23H32N4O3S2. The van der Waals surface area contributed by atoms with E-state index < -0.39 is 11.6 Å². The lowest BCUT2D eigenvalue weighted by Crippen LogP contribution is -2.52. The first-order valence-electron chi connectivity index (χ1n) is 11.2. The van der Waals surface area contributed by atoms with Crippen molar-refractivity contribution in [3.63, 3.8) is 0 Å². The zero-order chi connectivity index (χ0) is 23.3. The molecule has 2 amide bonds. The second kappa shape index (κ2) is 10.7. The molecule has 4 bridgehead atoms. The first kappa shape index (κ1) is 24.6. The Labute approximate surface area is 197 Å². The van der Waals surface area contributed by atoms with Crippen LogP contribution in [0.25, 0.3) is 0 Å². The molecule has 0 saturated carbocycles. The Hall–Kier alpha value is -2.00. The fourth-order valence-corrected chi connectivity index (χ4v) is 5.61. The Morgan fingerprint density at radius 1 is 1.28 bits per heavy atom. The van der Waals surface area contributed by atoms with Crippen LogP contribution in [-0.4, -0.2) is 45.0 Å². The minimum atomic E-state index is -0.942. The standard InChI is InChI=1S/C23H32N4O3S2/c1-5-6-7-8-15-9-17(28)20(14(2)3)26-22(30)23(4)13-32-21(27-23)16-12-31-19(25-16)11-24-18(29)10-15/h7-8,12,14-15,20H,5-6,9-11,13H2,1-4H3,(H,24,29)(H,26,30)/b8-7+/t15?,20-,23-/m0/s1. The number of rotatable bonds is 4. The van der Waals surface area contributed by atoms with Crippen molar-refractivity contribution in [1.29, 1.82) is 0 Å². The highest BCUT2D eigenvalue weighted by Crippen LogP contribution is 2.32. The summed E-state index contributed by atoms with van der Waals surface area (Å²) in [5, 5.41) is 9.31. The van der Waals surface area contributed by atoms with Crippen molar-refractivity contribution in [1.82, 2.24) is 15.6 Å². The summed E-state index contributed by atoms with van der Waals surface area (Å²) in [7, 11) is 0. The monoisotopic (exact) mass is 476 g/mol. The number of amides is 2. The third kappa shape index (κ3) is 6.07. The van der Waals surface area contributed by atoms with Crippen molar-refractivity contribution in [2.75, 3.05) is 5.75 Å². The van der Waals surface area contributed by atoms with E-state index in [-0.39, 0.29) is 42.3 Å². The van der Waals surface area contributed by atoms with Crippen molar-refractivity contribution >= 4 is 45.7 Å². The summed E-state index contributed by atoms with van der Waals surface area (Å²) in [5.41, 5.74) is -0.215. The van der Waals surface area contributed by atoms with E-state index in [9.17, 15) is 14.4 Å². The third-order valence-electron chi connectivity index (χ3n) is 5.61. The van der Waals surface area contributed by atoms with Gasteiger partial charge in [-0.2, -0.15) is 0 Å². The molecule has 7 nitrogen and oxygen atoms in total. The molecule has 0 aromatic carbocycles. The normalized spacial score (nSPS) is 27.5. The molecular weight excluding hydrogens is 444 g/mol. The number of nitrogens with zero attached hydrogens (tertiary/aromatic N) is 2. The summed E-state index contributed by atoms with van der Waals surface area (Å²) in [6.07, 6.45) is 6.33. The molecule has 2 aliphatic rings. The number of nitrogens with one attached hydrogen (secondary N) is 2. The molecule has 0 aliphatic carbocycles. The number of thioether (sulfide) groups is 1. The van der Waals surface area contributed by atoms with E-state index in [0.717, 1.165) is 28.6 Å². The molecule has 1 unspecified atom stereocenters. The van der Waals surface area contributed by atoms with Crippen LogP contribution in [0.1, 0.15) is 64.1 Å². The first-order valence-corrected chi connectivity index (χ1v) is 13.0. The Morgan fingerprint density at radius 3 is 2.78 bits per heavy atom. The van der Waals surface area contributed by atoms with Gasteiger partial charge < -0.3 is 10.6 Å². The summed E-state index contributed by atoms with van der Waals surface area (Å²) >= 11 is 2.96. The van der Waals surface area contributed by atoms with Crippen LogP contribution < -0.4 is 10.6 Å². The van der Waals surface area contributed by atoms with Crippen LogP contribution in [0.15, 0.2) is 22.5 Å². The number of hydrogen-bond acceptors (Lipinski definition) is 7. The maximum absolute atomic E-state index is 13.2.